The first-order valence-electron chi connectivity index (χ1n) is 4.80. The zero-order valence-electron chi connectivity index (χ0n) is 7.20. The zero-order valence-corrected chi connectivity index (χ0v) is 7.20. The number of hydrogen-bond acceptors (Lipinski definition) is 1. The molecule has 3 heteroatoms. The molecule has 0 aromatic rings. The largest absolute Gasteiger partial charge is 0.481 e. The van der Waals surface area contributed by atoms with E-state index < -0.39 is 5.97 Å². The molecule has 2 fully saturated rings. The molecule has 0 radical (unpaired) electrons. The molecule has 3 N–H and O–H groups in total. The highest BCUT2D eigenvalue weighted by atomic mass is 16.4. The van der Waals surface area contributed by atoms with Crippen molar-refractivity contribution < 1.29 is 15.2 Å². The summed E-state index contributed by atoms with van der Waals surface area (Å²) in [5.41, 5.74) is 0. The molecule has 0 amide bonds. The fraction of sp³-hybridized carbons (Fsp3) is 0.889. The molecular weight excluding hydrogens is 154 g/mol. The lowest BCUT2D eigenvalue weighted by molar-refractivity contribution is -0.677. The van der Waals surface area contributed by atoms with Gasteiger partial charge in [-0.1, -0.05) is 0 Å². The van der Waals surface area contributed by atoms with Gasteiger partial charge < -0.3 is 10.4 Å². The van der Waals surface area contributed by atoms with Gasteiger partial charge in [-0.3, -0.25) is 4.79 Å². The molecule has 0 spiro atoms. The highest BCUT2D eigenvalue weighted by molar-refractivity contribution is 5.70. The predicted molar refractivity (Wildman–Crippen MR) is 43.6 cm³/mol. The van der Waals surface area contributed by atoms with Gasteiger partial charge in [0.2, 0.25) is 0 Å². The van der Waals surface area contributed by atoms with E-state index in [-0.39, 0.29) is 5.92 Å². The van der Waals surface area contributed by atoms with E-state index in [9.17, 15) is 4.79 Å². The van der Waals surface area contributed by atoms with Gasteiger partial charge in [0.25, 0.3) is 0 Å². The van der Waals surface area contributed by atoms with E-state index in [1.807, 2.05) is 0 Å². The Morgan fingerprint density at radius 3 is 2.25 bits per heavy atom. The van der Waals surface area contributed by atoms with Crippen molar-refractivity contribution in [3.8, 4) is 0 Å². The van der Waals surface area contributed by atoms with Crippen LogP contribution in [0, 0.1) is 17.8 Å². The van der Waals surface area contributed by atoms with E-state index >= 15 is 0 Å². The highest BCUT2D eigenvalue weighted by Crippen LogP contribution is 2.33. The standard InChI is InChI=1S/C9H15NO2/c11-9(12)8-2-6-1-7(3-8)5-10-4-6/h6-8,10H,1-5H2,(H,11,12)/p+1. The lowest BCUT2D eigenvalue weighted by Gasteiger charge is -2.35. The van der Waals surface area contributed by atoms with Crippen molar-refractivity contribution >= 4 is 5.97 Å². The van der Waals surface area contributed by atoms with Crippen molar-refractivity contribution in [3.05, 3.63) is 0 Å². The SMILES string of the molecule is O=C(O)C1CC2C[NH2+]CC(C2)C1. The van der Waals surface area contributed by atoms with Crippen LogP contribution in [0.4, 0.5) is 0 Å². The van der Waals surface area contributed by atoms with Crippen molar-refractivity contribution in [3.63, 3.8) is 0 Å². The van der Waals surface area contributed by atoms with Gasteiger partial charge in [-0.25, -0.2) is 0 Å². The van der Waals surface area contributed by atoms with Crippen molar-refractivity contribution in [1.29, 1.82) is 0 Å². The van der Waals surface area contributed by atoms with Crippen LogP contribution < -0.4 is 5.32 Å². The maximum atomic E-state index is 10.8. The van der Waals surface area contributed by atoms with Crippen LogP contribution in [0.15, 0.2) is 0 Å². The quantitative estimate of drug-likeness (QED) is 0.566. The third-order valence-electron chi connectivity index (χ3n) is 3.25. The molecule has 68 valence electrons. The average Bonchev–Trinajstić information content (AvgIpc) is 2.03. The topological polar surface area (TPSA) is 53.9 Å². The number of quaternary nitrogens is 1. The number of rotatable bonds is 1. The summed E-state index contributed by atoms with van der Waals surface area (Å²) in [4.78, 5) is 10.8. The van der Waals surface area contributed by atoms with Crippen LogP contribution >= 0.6 is 0 Å². The summed E-state index contributed by atoms with van der Waals surface area (Å²) in [6.07, 6.45) is 3.12. The number of nitrogens with two attached hydrogens (primary N) is 1. The molecule has 1 saturated heterocycles. The van der Waals surface area contributed by atoms with Crippen LogP contribution in [0.2, 0.25) is 0 Å². The molecule has 1 aliphatic carbocycles. The number of fused-ring (bicyclic) bond motifs is 2. The Balaban J connectivity index is 2.00. The zero-order chi connectivity index (χ0) is 8.55. The van der Waals surface area contributed by atoms with Gasteiger partial charge in [0.1, 0.15) is 0 Å². The Labute approximate surface area is 72.2 Å². The van der Waals surface area contributed by atoms with Crippen molar-refractivity contribution in [2.45, 2.75) is 19.3 Å². The second-order valence-corrected chi connectivity index (χ2v) is 4.23. The smallest absolute Gasteiger partial charge is 0.306 e. The van der Waals surface area contributed by atoms with Crippen molar-refractivity contribution in [2.75, 3.05) is 13.1 Å². The number of aliphatic carboxylic acids is 1. The van der Waals surface area contributed by atoms with E-state index in [1.54, 1.807) is 0 Å². The lowest BCUT2D eigenvalue weighted by Crippen LogP contribution is -2.89. The van der Waals surface area contributed by atoms with E-state index in [4.69, 9.17) is 5.11 Å². The first-order chi connectivity index (χ1) is 5.75. The number of carboxylic acid groups (broad SMARTS) is 1. The third-order valence-corrected chi connectivity index (χ3v) is 3.25. The monoisotopic (exact) mass is 170 g/mol. The van der Waals surface area contributed by atoms with Crippen LogP contribution in [0.3, 0.4) is 0 Å². The first-order valence-corrected chi connectivity index (χ1v) is 4.80. The fourth-order valence-corrected chi connectivity index (χ4v) is 2.72. The van der Waals surface area contributed by atoms with Gasteiger partial charge in [0.15, 0.2) is 0 Å². The van der Waals surface area contributed by atoms with Gasteiger partial charge in [-0.15, -0.1) is 0 Å². The first kappa shape index (κ1) is 8.05. The Morgan fingerprint density at radius 1 is 1.17 bits per heavy atom. The van der Waals surface area contributed by atoms with Gasteiger partial charge in [0.05, 0.1) is 19.0 Å². The highest BCUT2D eigenvalue weighted by Gasteiger charge is 2.36. The average molecular weight is 170 g/mol. The van der Waals surface area contributed by atoms with Crippen LogP contribution in [-0.2, 0) is 4.79 Å². The normalized spacial score (nSPS) is 40.8. The molecular formula is C9H16NO2+. The van der Waals surface area contributed by atoms with Crippen LogP contribution in [0.25, 0.3) is 0 Å². The number of carboxylic acids is 1. The van der Waals surface area contributed by atoms with Gasteiger partial charge >= 0.3 is 5.97 Å². The molecule has 0 aromatic heterocycles. The van der Waals surface area contributed by atoms with Crippen LogP contribution in [-0.4, -0.2) is 24.2 Å². The summed E-state index contributed by atoms with van der Waals surface area (Å²) in [5, 5.41) is 11.2. The van der Waals surface area contributed by atoms with E-state index in [0.29, 0.717) is 11.8 Å². The van der Waals surface area contributed by atoms with Gasteiger partial charge in [-0.05, 0) is 19.3 Å². The molecule has 2 atom stereocenters. The molecule has 2 bridgehead atoms. The second-order valence-electron chi connectivity index (χ2n) is 4.23. The summed E-state index contributed by atoms with van der Waals surface area (Å²) in [5.74, 6) is 0.742. The summed E-state index contributed by atoms with van der Waals surface area (Å²) < 4.78 is 0. The molecule has 3 nitrogen and oxygen atoms in total. The minimum absolute atomic E-state index is 0.0394. The van der Waals surface area contributed by atoms with E-state index in [1.165, 1.54) is 6.42 Å². The lowest BCUT2D eigenvalue weighted by atomic mass is 9.73. The number of piperidine rings is 1. The maximum absolute atomic E-state index is 10.8. The predicted octanol–water partition coefficient (Wildman–Crippen LogP) is -0.320. The Morgan fingerprint density at radius 2 is 1.75 bits per heavy atom. The maximum Gasteiger partial charge on any atom is 0.306 e. The number of hydrogen-bond donors (Lipinski definition) is 2. The molecule has 12 heavy (non-hydrogen) atoms. The minimum Gasteiger partial charge on any atom is -0.481 e. The van der Waals surface area contributed by atoms with Crippen LogP contribution in [0.1, 0.15) is 19.3 Å². The van der Waals surface area contributed by atoms with E-state index in [2.05, 4.69) is 5.32 Å². The molecule has 1 saturated carbocycles. The third kappa shape index (κ3) is 1.46. The summed E-state index contributed by atoms with van der Waals surface area (Å²) in [6.45, 7) is 2.31. The molecule has 1 heterocycles. The van der Waals surface area contributed by atoms with Gasteiger partial charge in [0, 0.05) is 11.8 Å². The molecule has 2 unspecified atom stereocenters. The molecule has 2 aliphatic rings. The summed E-state index contributed by atoms with van der Waals surface area (Å²) in [6, 6.07) is 0. The van der Waals surface area contributed by atoms with Crippen molar-refractivity contribution in [1.82, 2.24) is 0 Å². The fourth-order valence-electron chi connectivity index (χ4n) is 2.72. The Bertz CT molecular complexity index is 181. The summed E-state index contributed by atoms with van der Waals surface area (Å²) in [7, 11) is 0. The Kier molecular flexibility index (Phi) is 2.05. The van der Waals surface area contributed by atoms with Crippen molar-refractivity contribution in [2.24, 2.45) is 17.8 Å². The number of carbonyl (C=O) groups is 1. The van der Waals surface area contributed by atoms with Crippen LogP contribution in [0.5, 0.6) is 0 Å². The molecule has 1 aliphatic heterocycles. The van der Waals surface area contributed by atoms with Gasteiger partial charge in [-0.2, -0.15) is 0 Å². The summed E-state index contributed by atoms with van der Waals surface area (Å²) >= 11 is 0. The Hall–Kier alpha value is -0.570. The minimum atomic E-state index is -0.577. The molecule has 2 rings (SSSR count). The second kappa shape index (κ2) is 3.05. The molecule has 0 aromatic carbocycles. The van der Waals surface area contributed by atoms with E-state index in [0.717, 1.165) is 25.9 Å².